The van der Waals surface area contributed by atoms with Gasteiger partial charge in [-0.2, -0.15) is 9.59 Å². The van der Waals surface area contributed by atoms with Crippen LogP contribution in [0.2, 0.25) is 0 Å². The number of benzene rings is 2. The molecule has 2 rings (SSSR count). The van der Waals surface area contributed by atoms with E-state index in [4.69, 9.17) is 9.59 Å². The molecule has 2 aromatic rings. The summed E-state index contributed by atoms with van der Waals surface area (Å²) in [5.74, 6) is 0.121. The summed E-state index contributed by atoms with van der Waals surface area (Å²) in [5, 5.41) is 0. The van der Waals surface area contributed by atoms with Crippen LogP contribution in [0.4, 0.5) is 0 Å². The monoisotopic (exact) mass is 302 g/mol. The number of Topliss-reactive ketones (excluding diaryl/α,β-unsaturated/α-hetero) is 1. The third-order valence-electron chi connectivity index (χ3n) is 1.85. The van der Waals surface area contributed by atoms with Crippen LogP contribution in [0.5, 0.6) is 0 Å². The second-order valence-electron chi connectivity index (χ2n) is 3.16. The molecule has 0 fully saturated rings. The second-order valence-corrected chi connectivity index (χ2v) is 3.16. The van der Waals surface area contributed by atoms with Crippen LogP contribution in [0, 0.1) is 0 Å². The fraction of sp³-hybridized carbons (Fsp3) is 0.263. The number of carbonyl (C=O) groups excluding carboxylic acids is 3. The van der Waals surface area contributed by atoms with Crippen molar-refractivity contribution in [2.75, 3.05) is 0 Å². The van der Waals surface area contributed by atoms with Gasteiger partial charge in [0.25, 0.3) is 0 Å². The lowest BCUT2D eigenvalue weighted by Crippen LogP contribution is -1.88. The zero-order chi connectivity index (χ0) is 17.6. The standard InChI is InChI=1S/C8H8O.C6H6.2C2H6.CO2/c1-7(9)8-5-3-2-4-6-8;1-2-4-6-5-3-1;2*1-2;2-1-3/h2-6H,1H3;1-6H;2*1-2H3;. The van der Waals surface area contributed by atoms with Crippen LogP contribution < -0.4 is 0 Å². The highest BCUT2D eigenvalue weighted by atomic mass is 16.2. The number of hydrogen-bond acceptors (Lipinski definition) is 3. The Labute approximate surface area is 134 Å². The van der Waals surface area contributed by atoms with Crippen LogP contribution in [-0.4, -0.2) is 11.9 Å². The highest BCUT2D eigenvalue weighted by Crippen LogP contribution is 1.97. The topological polar surface area (TPSA) is 51.2 Å². The van der Waals surface area contributed by atoms with E-state index in [9.17, 15) is 4.79 Å². The van der Waals surface area contributed by atoms with E-state index in [1.165, 1.54) is 0 Å². The molecule has 0 radical (unpaired) electrons. The van der Waals surface area contributed by atoms with E-state index in [0.29, 0.717) is 0 Å². The SMILES string of the molecule is CC.CC.CC(=O)c1ccccc1.O=C=O.c1ccccc1. The average Bonchev–Trinajstić information content (AvgIpc) is 2.62. The minimum Gasteiger partial charge on any atom is -0.295 e. The van der Waals surface area contributed by atoms with Crippen LogP contribution in [0.1, 0.15) is 45.0 Å². The van der Waals surface area contributed by atoms with E-state index in [2.05, 4.69) is 0 Å². The molecular formula is C19H26O3. The van der Waals surface area contributed by atoms with Crippen LogP contribution >= 0.6 is 0 Å². The summed E-state index contributed by atoms with van der Waals surface area (Å²) in [5.41, 5.74) is 0.775. The van der Waals surface area contributed by atoms with Crippen molar-refractivity contribution in [3.8, 4) is 0 Å². The Kier molecular flexibility index (Phi) is 26.3. The molecule has 0 saturated heterocycles. The molecule has 0 aliphatic heterocycles. The maximum Gasteiger partial charge on any atom is 0.373 e. The highest BCUT2D eigenvalue weighted by Gasteiger charge is 1.92. The summed E-state index contributed by atoms with van der Waals surface area (Å²) in [6, 6.07) is 21.2. The third kappa shape index (κ3) is 19.8. The zero-order valence-electron chi connectivity index (χ0n) is 14.1. The lowest BCUT2D eigenvalue weighted by atomic mass is 10.2. The molecule has 0 N–H and O–H groups in total. The summed E-state index contributed by atoms with van der Waals surface area (Å²) >= 11 is 0. The van der Waals surface area contributed by atoms with Gasteiger partial charge in [-0.25, -0.2) is 0 Å². The normalized spacial score (nSPS) is 6.77. The van der Waals surface area contributed by atoms with Crippen molar-refractivity contribution < 1.29 is 14.4 Å². The van der Waals surface area contributed by atoms with Gasteiger partial charge in [-0.05, 0) is 6.92 Å². The smallest absolute Gasteiger partial charge is 0.295 e. The van der Waals surface area contributed by atoms with Gasteiger partial charge in [0.1, 0.15) is 0 Å². The molecule has 0 amide bonds. The van der Waals surface area contributed by atoms with Crippen LogP contribution in [0.3, 0.4) is 0 Å². The largest absolute Gasteiger partial charge is 0.373 e. The first-order chi connectivity index (χ1) is 10.7. The lowest BCUT2D eigenvalue weighted by Gasteiger charge is -1.89. The fourth-order valence-electron chi connectivity index (χ4n) is 1.06. The Bertz CT molecular complexity index is 432. The number of ketones is 1. The minimum atomic E-state index is 0.121. The zero-order valence-corrected chi connectivity index (χ0v) is 14.1. The second kappa shape index (κ2) is 23.6. The number of hydrogen-bond donors (Lipinski definition) is 0. The van der Waals surface area contributed by atoms with Crippen molar-refractivity contribution in [3.63, 3.8) is 0 Å². The molecule has 120 valence electrons. The molecule has 0 bridgehead atoms. The fourth-order valence-corrected chi connectivity index (χ4v) is 1.06. The van der Waals surface area contributed by atoms with Gasteiger partial charge in [0.05, 0.1) is 0 Å². The third-order valence-corrected chi connectivity index (χ3v) is 1.85. The van der Waals surface area contributed by atoms with Gasteiger partial charge >= 0.3 is 6.15 Å². The van der Waals surface area contributed by atoms with E-state index in [0.717, 1.165) is 5.56 Å². The predicted molar refractivity (Wildman–Crippen MR) is 90.6 cm³/mol. The van der Waals surface area contributed by atoms with Crippen molar-refractivity contribution in [3.05, 3.63) is 72.3 Å². The van der Waals surface area contributed by atoms with E-state index < -0.39 is 0 Å². The van der Waals surface area contributed by atoms with Gasteiger partial charge in [-0.15, -0.1) is 0 Å². The van der Waals surface area contributed by atoms with Gasteiger partial charge in [-0.3, -0.25) is 4.79 Å². The van der Waals surface area contributed by atoms with Crippen LogP contribution in [0.25, 0.3) is 0 Å². The summed E-state index contributed by atoms with van der Waals surface area (Å²) in [6.07, 6.45) is 0.250. The molecule has 0 unspecified atom stereocenters. The molecule has 2 aromatic carbocycles. The van der Waals surface area contributed by atoms with Gasteiger partial charge in [0.15, 0.2) is 5.78 Å². The van der Waals surface area contributed by atoms with Gasteiger partial charge < -0.3 is 0 Å². The summed E-state index contributed by atoms with van der Waals surface area (Å²) in [4.78, 5) is 26.9. The van der Waals surface area contributed by atoms with E-state index >= 15 is 0 Å². The molecule has 0 spiro atoms. The Morgan fingerprint density at radius 3 is 1.09 bits per heavy atom. The molecule has 3 nitrogen and oxygen atoms in total. The Morgan fingerprint density at radius 1 is 0.682 bits per heavy atom. The van der Waals surface area contributed by atoms with Crippen molar-refractivity contribution in [2.24, 2.45) is 0 Å². The molecule has 0 saturated carbocycles. The Hall–Kier alpha value is -2.51. The molecule has 0 heterocycles. The Balaban J connectivity index is -0.000000242. The van der Waals surface area contributed by atoms with E-state index in [1.54, 1.807) is 6.92 Å². The maximum atomic E-state index is 10.6. The predicted octanol–water partition coefficient (Wildman–Crippen LogP) is 5.04. The number of rotatable bonds is 1. The summed E-state index contributed by atoms with van der Waals surface area (Å²) in [7, 11) is 0. The van der Waals surface area contributed by atoms with Gasteiger partial charge in [0.2, 0.25) is 0 Å². The van der Waals surface area contributed by atoms with Gasteiger partial charge in [-0.1, -0.05) is 94.4 Å². The van der Waals surface area contributed by atoms with E-state index in [1.807, 2.05) is 94.4 Å². The molecule has 0 aromatic heterocycles. The number of carbonyl (C=O) groups is 1. The van der Waals surface area contributed by atoms with Gasteiger partial charge in [0, 0.05) is 5.56 Å². The van der Waals surface area contributed by atoms with Crippen molar-refractivity contribution in [1.29, 1.82) is 0 Å². The molecular weight excluding hydrogens is 276 g/mol. The molecule has 0 aliphatic rings. The first-order valence-electron chi connectivity index (χ1n) is 7.27. The maximum absolute atomic E-state index is 10.6. The van der Waals surface area contributed by atoms with Crippen molar-refractivity contribution in [2.45, 2.75) is 34.6 Å². The summed E-state index contributed by atoms with van der Waals surface area (Å²) < 4.78 is 0. The molecule has 3 heteroatoms. The molecule has 22 heavy (non-hydrogen) atoms. The molecule has 0 aliphatic carbocycles. The van der Waals surface area contributed by atoms with Crippen LogP contribution in [-0.2, 0) is 9.59 Å². The van der Waals surface area contributed by atoms with Crippen molar-refractivity contribution in [1.82, 2.24) is 0 Å². The lowest BCUT2D eigenvalue weighted by molar-refractivity contribution is -0.191. The van der Waals surface area contributed by atoms with Crippen molar-refractivity contribution >= 4 is 11.9 Å². The average molecular weight is 302 g/mol. The first kappa shape index (κ1) is 24.5. The first-order valence-corrected chi connectivity index (χ1v) is 7.27. The van der Waals surface area contributed by atoms with E-state index in [-0.39, 0.29) is 11.9 Å². The minimum absolute atomic E-state index is 0.121. The molecule has 0 atom stereocenters. The summed E-state index contributed by atoms with van der Waals surface area (Å²) in [6.45, 7) is 9.56. The highest BCUT2D eigenvalue weighted by molar-refractivity contribution is 5.93. The Morgan fingerprint density at radius 2 is 0.909 bits per heavy atom. The quantitative estimate of drug-likeness (QED) is 0.693. The van der Waals surface area contributed by atoms with Crippen LogP contribution in [0.15, 0.2) is 66.7 Å².